The maximum atomic E-state index is 9.68. The fourth-order valence-corrected chi connectivity index (χ4v) is 2.33. The third kappa shape index (κ3) is 1.87. The molecule has 3 nitrogen and oxygen atoms in total. The second-order valence-electron chi connectivity index (χ2n) is 4.53. The molecule has 1 aliphatic carbocycles. The Morgan fingerprint density at radius 2 is 2.08 bits per heavy atom. The predicted molar refractivity (Wildman–Crippen MR) is 48.3 cm³/mol. The average Bonchev–Trinajstić information content (AvgIpc) is 2.56. The van der Waals surface area contributed by atoms with Crippen LogP contribution in [0.4, 0.5) is 0 Å². The van der Waals surface area contributed by atoms with E-state index in [0.717, 1.165) is 19.3 Å². The molecule has 1 saturated heterocycles. The number of hydrogen-bond donors (Lipinski definition) is 1. The fourth-order valence-electron chi connectivity index (χ4n) is 2.33. The van der Waals surface area contributed by atoms with Crippen LogP contribution in [-0.4, -0.2) is 29.7 Å². The van der Waals surface area contributed by atoms with E-state index in [1.165, 1.54) is 0 Å². The van der Waals surface area contributed by atoms with Crippen molar-refractivity contribution in [2.75, 3.05) is 6.61 Å². The molecule has 1 saturated carbocycles. The minimum absolute atomic E-state index is 0.104. The van der Waals surface area contributed by atoms with E-state index in [1.54, 1.807) is 0 Å². The first-order valence-corrected chi connectivity index (χ1v) is 5.08. The summed E-state index contributed by atoms with van der Waals surface area (Å²) in [6, 6.07) is 0. The molecule has 3 heteroatoms. The van der Waals surface area contributed by atoms with Gasteiger partial charge in [0, 0.05) is 5.92 Å². The highest BCUT2D eigenvalue weighted by Crippen LogP contribution is 2.35. The van der Waals surface area contributed by atoms with Gasteiger partial charge in [0.15, 0.2) is 5.79 Å². The third-order valence-corrected chi connectivity index (χ3v) is 3.04. The predicted octanol–water partition coefficient (Wildman–Crippen LogP) is 1.30. The monoisotopic (exact) mass is 186 g/mol. The molecule has 1 unspecified atom stereocenters. The van der Waals surface area contributed by atoms with Gasteiger partial charge < -0.3 is 14.6 Å². The van der Waals surface area contributed by atoms with Crippen molar-refractivity contribution in [3.63, 3.8) is 0 Å². The number of hydrogen-bond acceptors (Lipinski definition) is 3. The number of aliphatic hydroxyl groups is 1. The van der Waals surface area contributed by atoms with Crippen LogP contribution >= 0.6 is 0 Å². The van der Waals surface area contributed by atoms with Crippen LogP contribution in [-0.2, 0) is 9.47 Å². The summed E-state index contributed by atoms with van der Waals surface area (Å²) in [5.74, 6) is -0.158. The first-order chi connectivity index (χ1) is 6.08. The van der Waals surface area contributed by atoms with Gasteiger partial charge in [0.05, 0.1) is 18.8 Å². The summed E-state index contributed by atoms with van der Waals surface area (Å²) in [7, 11) is 0. The van der Waals surface area contributed by atoms with E-state index in [0.29, 0.717) is 12.5 Å². The van der Waals surface area contributed by atoms with Gasteiger partial charge in [0.2, 0.25) is 0 Å². The van der Waals surface area contributed by atoms with Crippen molar-refractivity contribution in [2.24, 2.45) is 5.92 Å². The zero-order chi connectivity index (χ0) is 9.47. The molecule has 0 aromatic carbocycles. The van der Waals surface area contributed by atoms with Gasteiger partial charge in [-0.1, -0.05) is 6.42 Å². The Hall–Kier alpha value is -0.120. The van der Waals surface area contributed by atoms with E-state index in [4.69, 9.17) is 9.47 Å². The van der Waals surface area contributed by atoms with Gasteiger partial charge in [0.25, 0.3) is 0 Å². The van der Waals surface area contributed by atoms with E-state index in [-0.39, 0.29) is 12.2 Å². The smallest absolute Gasteiger partial charge is 0.163 e. The Bertz CT molecular complexity index is 191. The van der Waals surface area contributed by atoms with Gasteiger partial charge in [0.1, 0.15) is 0 Å². The summed E-state index contributed by atoms with van der Waals surface area (Å²) in [5, 5.41) is 9.68. The minimum atomic E-state index is -0.451. The maximum Gasteiger partial charge on any atom is 0.163 e. The first-order valence-electron chi connectivity index (χ1n) is 5.08. The molecule has 0 amide bonds. The zero-order valence-electron chi connectivity index (χ0n) is 8.32. The van der Waals surface area contributed by atoms with E-state index in [2.05, 4.69) is 0 Å². The van der Waals surface area contributed by atoms with Crippen LogP contribution in [0.2, 0.25) is 0 Å². The molecule has 2 rings (SSSR count). The summed E-state index contributed by atoms with van der Waals surface area (Å²) in [5.41, 5.74) is 0. The largest absolute Gasteiger partial charge is 0.393 e. The molecular formula is C10H18O3. The molecule has 1 N–H and O–H groups in total. The third-order valence-electron chi connectivity index (χ3n) is 3.04. The van der Waals surface area contributed by atoms with Gasteiger partial charge in [-0.05, 0) is 26.7 Å². The Morgan fingerprint density at radius 1 is 1.31 bits per heavy atom. The highest BCUT2D eigenvalue weighted by atomic mass is 16.7. The van der Waals surface area contributed by atoms with Gasteiger partial charge in [-0.15, -0.1) is 0 Å². The van der Waals surface area contributed by atoms with Crippen molar-refractivity contribution < 1.29 is 14.6 Å². The van der Waals surface area contributed by atoms with Crippen molar-refractivity contribution >= 4 is 0 Å². The van der Waals surface area contributed by atoms with Crippen molar-refractivity contribution in [1.29, 1.82) is 0 Å². The molecule has 0 spiro atoms. The van der Waals surface area contributed by atoms with Crippen LogP contribution in [0.15, 0.2) is 0 Å². The molecule has 2 fully saturated rings. The topological polar surface area (TPSA) is 38.7 Å². The van der Waals surface area contributed by atoms with Crippen molar-refractivity contribution in [1.82, 2.24) is 0 Å². The van der Waals surface area contributed by atoms with Gasteiger partial charge in [-0.3, -0.25) is 0 Å². The molecular weight excluding hydrogens is 168 g/mol. The number of ether oxygens (including phenoxy) is 2. The maximum absolute atomic E-state index is 9.68. The van der Waals surface area contributed by atoms with Crippen LogP contribution in [0.3, 0.4) is 0 Å². The van der Waals surface area contributed by atoms with E-state index < -0.39 is 5.79 Å². The Morgan fingerprint density at radius 3 is 2.54 bits per heavy atom. The van der Waals surface area contributed by atoms with Crippen molar-refractivity contribution in [3.8, 4) is 0 Å². The fraction of sp³-hybridized carbons (Fsp3) is 1.00. The second-order valence-corrected chi connectivity index (χ2v) is 4.53. The molecule has 1 aliphatic heterocycles. The summed E-state index contributed by atoms with van der Waals surface area (Å²) >= 11 is 0. The molecule has 2 aliphatic rings. The molecule has 0 bridgehead atoms. The molecule has 0 radical (unpaired) electrons. The van der Waals surface area contributed by atoms with Crippen LogP contribution < -0.4 is 0 Å². The number of rotatable bonds is 1. The lowest BCUT2D eigenvalue weighted by Gasteiger charge is -2.22. The SMILES string of the molecule is CC1(C)OCC([C@@H]2CCC[C@H]2O)O1. The van der Waals surface area contributed by atoms with Crippen molar-refractivity contribution in [2.45, 2.75) is 51.1 Å². The van der Waals surface area contributed by atoms with Gasteiger partial charge in [-0.2, -0.15) is 0 Å². The molecule has 1 heterocycles. The molecule has 13 heavy (non-hydrogen) atoms. The lowest BCUT2D eigenvalue weighted by molar-refractivity contribution is -0.148. The van der Waals surface area contributed by atoms with Crippen LogP contribution in [0.5, 0.6) is 0 Å². The first kappa shape index (κ1) is 9.44. The average molecular weight is 186 g/mol. The van der Waals surface area contributed by atoms with E-state index in [9.17, 15) is 5.11 Å². The minimum Gasteiger partial charge on any atom is -0.393 e. The standard InChI is InChI=1S/C10H18O3/c1-10(2)12-6-9(13-10)7-4-3-5-8(7)11/h7-9,11H,3-6H2,1-2H3/t7-,8-,9?/m1/s1. The summed E-state index contributed by atoms with van der Waals surface area (Å²) in [6.07, 6.45) is 3.04. The second kappa shape index (κ2) is 3.23. The normalized spacial score (nSPS) is 44.1. The molecule has 0 aromatic rings. The summed E-state index contributed by atoms with van der Waals surface area (Å²) in [6.45, 7) is 4.48. The number of aliphatic hydroxyl groups excluding tert-OH is 1. The van der Waals surface area contributed by atoms with E-state index >= 15 is 0 Å². The van der Waals surface area contributed by atoms with E-state index in [1.807, 2.05) is 13.8 Å². The van der Waals surface area contributed by atoms with Crippen LogP contribution in [0.25, 0.3) is 0 Å². The Labute approximate surface area is 79.0 Å². The lowest BCUT2D eigenvalue weighted by atomic mass is 9.99. The summed E-state index contributed by atoms with van der Waals surface area (Å²) in [4.78, 5) is 0. The van der Waals surface area contributed by atoms with Crippen molar-refractivity contribution in [3.05, 3.63) is 0 Å². The quantitative estimate of drug-likeness (QED) is 0.671. The Balaban J connectivity index is 1.95. The zero-order valence-corrected chi connectivity index (χ0v) is 8.32. The van der Waals surface area contributed by atoms with Gasteiger partial charge in [-0.25, -0.2) is 0 Å². The lowest BCUT2D eigenvalue weighted by Crippen LogP contribution is -2.31. The highest BCUT2D eigenvalue weighted by Gasteiger charge is 2.41. The Kier molecular flexibility index (Phi) is 2.34. The van der Waals surface area contributed by atoms with Crippen LogP contribution in [0.1, 0.15) is 33.1 Å². The van der Waals surface area contributed by atoms with Gasteiger partial charge >= 0.3 is 0 Å². The molecule has 76 valence electrons. The molecule has 0 aromatic heterocycles. The molecule has 3 atom stereocenters. The summed E-state index contributed by atoms with van der Waals surface area (Å²) < 4.78 is 11.2. The highest BCUT2D eigenvalue weighted by molar-refractivity contribution is 4.86. The van der Waals surface area contributed by atoms with Crippen LogP contribution in [0, 0.1) is 5.92 Å².